The number of benzene rings is 2. The number of carbonyl (C=O) groups excluding carboxylic acids is 2. The van der Waals surface area contributed by atoms with E-state index in [9.17, 15) is 18.0 Å². The van der Waals surface area contributed by atoms with Crippen LogP contribution in [0.2, 0.25) is 0 Å². The lowest BCUT2D eigenvalue weighted by Gasteiger charge is -2.25. The third-order valence-electron chi connectivity index (χ3n) is 4.72. The van der Waals surface area contributed by atoms with Crippen LogP contribution < -0.4 is 10.2 Å². The third kappa shape index (κ3) is 3.93. The maximum atomic E-state index is 12.9. The second-order valence-electron chi connectivity index (χ2n) is 6.91. The van der Waals surface area contributed by atoms with Crippen molar-refractivity contribution in [1.29, 1.82) is 0 Å². The number of sulfonamides is 1. The van der Waals surface area contributed by atoms with Gasteiger partial charge in [-0.15, -0.1) is 0 Å². The van der Waals surface area contributed by atoms with Crippen molar-refractivity contribution < 1.29 is 18.0 Å². The minimum atomic E-state index is -3.83. The molecule has 3 rings (SSSR count). The van der Waals surface area contributed by atoms with Crippen molar-refractivity contribution in [2.45, 2.75) is 31.2 Å². The molecule has 0 fully saturated rings. The van der Waals surface area contributed by atoms with Gasteiger partial charge >= 0.3 is 0 Å². The van der Waals surface area contributed by atoms with Crippen LogP contribution in [0.4, 0.5) is 11.4 Å². The van der Waals surface area contributed by atoms with E-state index in [0.29, 0.717) is 5.69 Å². The van der Waals surface area contributed by atoms with E-state index in [4.69, 9.17) is 0 Å². The Balaban J connectivity index is 1.75. The van der Waals surface area contributed by atoms with E-state index in [1.807, 2.05) is 31.2 Å². The summed E-state index contributed by atoms with van der Waals surface area (Å²) in [5, 5.41) is 2.59. The molecule has 8 heteroatoms. The van der Waals surface area contributed by atoms with Gasteiger partial charge < -0.3 is 10.2 Å². The minimum absolute atomic E-state index is 0.0158. The molecule has 148 valence electrons. The molecule has 0 saturated carbocycles. The van der Waals surface area contributed by atoms with Crippen LogP contribution in [0.15, 0.2) is 53.4 Å². The largest absolute Gasteiger partial charge is 0.326 e. The first kappa shape index (κ1) is 20.0. The molecule has 0 radical (unpaired) electrons. The summed E-state index contributed by atoms with van der Waals surface area (Å²) in [5.74, 6) is -0.503. The van der Waals surface area contributed by atoms with Gasteiger partial charge in [0.1, 0.15) is 0 Å². The molecule has 2 aromatic rings. The number of likely N-dealkylation sites (N-methyl/N-ethyl adjacent to an activating group) is 1. The van der Waals surface area contributed by atoms with Gasteiger partial charge in [-0.1, -0.05) is 18.2 Å². The highest BCUT2D eigenvalue weighted by Gasteiger charge is 2.33. The standard InChI is InChI=1S/C20H23N3O4S/c1-14-12-16-6-4-5-7-19(16)23(14)20(25)13-22(3)28(26,27)18-10-8-17(9-11-18)21-15(2)24/h4-11,14H,12-13H2,1-3H3,(H,21,24)/t14-/m0/s1. The second-order valence-corrected chi connectivity index (χ2v) is 8.96. The zero-order valence-corrected chi connectivity index (χ0v) is 16.9. The van der Waals surface area contributed by atoms with E-state index in [1.54, 1.807) is 4.90 Å². The Bertz CT molecular complexity index is 1000. The van der Waals surface area contributed by atoms with Crippen LogP contribution in [0.3, 0.4) is 0 Å². The Hall–Kier alpha value is -2.71. The number of amides is 2. The minimum Gasteiger partial charge on any atom is -0.326 e. The third-order valence-corrected chi connectivity index (χ3v) is 6.53. The zero-order chi connectivity index (χ0) is 20.5. The maximum absolute atomic E-state index is 12.9. The monoisotopic (exact) mass is 401 g/mol. The van der Waals surface area contributed by atoms with E-state index in [0.717, 1.165) is 22.0 Å². The molecule has 1 atom stereocenters. The van der Waals surface area contributed by atoms with Gasteiger partial charge in [0.05, 0.1) is 11.4 Å². The number of hydrogen-bond acceptors (Lipinski definition) is 4. The molecule has 0 aromatic heterocycles. The molecule has 2 amide bonds. The Morgan fingerprint density at radius 2 is 1.79 bits per heavy atom. The van der Waals surface area contributed by atoms with E-state index in [2.05, 4.69) is 5.32 Å². The van der Waals surface area contributed by atoms with E-state index in [1.165, 1.54) is 38.2 Å². The molecule has 0 saturated heterocycles. The summed E-state index contributed by atoms with van der Waals surface area (Å²) < 4.78 is 26.7. The summed E-state index contributed by atoms with van der Waals surface area (Å²) in [6, 6.07) is 13.5. The Morgan fingerprint density at radius 1 is 1.14 bits per heavy atom. The molecule has 1 aliphatic rings. The molecule has 0 spiro atoms. The second kappa shape index (κ2) is 7.73. The van der Waals surface area contributed by atoms with Crippen molar-refractivity contribution >= 4 is 33.2 Å². The molecule has 1 aliphatic heterocycles. The van der Waals surface area contributed by atoms with Gasteiger partial charge in [0.2, 0.25) is 21.8 Å². The van der Waals surface area contributed by atoms with Crippen molar-refractivity contribution in [2.24, 2.45) is 0 Å². The first-order chi connectivity index (χ1) is 13.2. The highest BCUT2D eigenvalue weighted by Crippen LogP contribution is 2.32. The van der Waals surface area contributed by atoms with E-state index >= 15 is 0 Å². The Morgan fingerprint density at radius 3 is 2.43 bits per heavy atom. The molecule has 0 unspecified atom stereocenters. The number of anilines is 2. The molecule has 2 aromatic carbocycles. The highest BCUT2D eigenvalue weighted by atomic mass is 32.2. The molecule has 1 N–H and O–H groups in total. The first-order valence-electron chi connectivity index (χ1n) is 8.94. The van der Waals surface area contributed by atoms with E-state index < -0.39 is 10.0 Å². The Kier molecular flexibility index (Phi) is 5.53. The number of hydrogen-bond donors (Lipinski definition) is 1. The average molecular weight is 401 g/mol. The number of rotatable bonds is 5. The first-order valence-corrected chi connectivity index (χ1v) is 10.4. The Labute approximate surface area is 165 Å². The number of carbonyl (C=O) groups is 2. The fourth-order valence-corrected chi connectivity index (χ4v) is 4.51. The lowest BCUT2D eigenvalue weighted by molar-refractivity contribution is -0.119. The van der Waals surface area contributed by atoms with Gasteiger partial charge in [0, 0.05) is 31.4 Å². The highest BCUT2D eigenvalue weighted by molar-refractivity contribution is 7.89. The topological polar surface area (TPSA) is 86.8 Å². The van der Waals surface area contributed by atoms with Crippen LogP contribution in [0, 0.1) is 0 Å². The van der Waals surface area contributed by atoms with Gasteiger partial charge in [-0.3, -0.25) is 9.59 Å². The summed E-state index contributed by atoms with van der Waals surface area (Å²) >= 11 is 0. The van der Waals surface area contributed by atoms with Gasteiger partial charge in [0.15, 0.2) is 0 Å². The van der Waals surface area contributed by atoms with Crippen LogP contribution in [0.25, 0.3) is 0 Å². The molecule has 28 heavy (non-hydrogen) atoms. The van der Waals surface area contributed by atoms with Gasteiger partial charge in [0.25, 0.3) is 0 Å². The number of nitrogens with one attached hydrogen (secondary N) is 1. The van der Waals surface area contributed by atoms with Gasteiger partial charge in [-0.2, -0.15) is 4.31 Å². The maximum Gasteiger partial charge on any atom is 0.243 e. The molecule has 0 bridgehead atoms. The lowest BCUT2D eigenvalue weighted by atomic mass is 10.1. The van der Waals surface area contributed by atoms with Crippen molar-refractivity contribution in [1.82, 2.24) is 4.31 Å². The zero-order valence-electron chi connectivity index (χ0n) is 16.0. The van der Waals surface area contributed by atoms with E-state index in [-0.39, 0.29) is 29.3 Å². The summed E-state index contributed by atoms with van der Waals surface area (Å²) in [5.41, 5.74) is 2.43. The molecular weight excluding hydrogens is 378 g/mol. The van der Waals surface area contributed by atoms with Gasteiger partial charge in [-0.25, -0.2) is 8.42 Å². The lowest BCUT2D eigenvalue weighted by Crippen LogP contribution is -2.43. The predicted molar refractivity (Wildman–Crippen MR) is 108 cm³/mol. The predicted octanol–water partition coefficient (Wildman–Crippen LogP) is 2.24. The van der Waals surface area contributed by atoms with Crippen LogP contribution in [-0.2, 0) is 26.0 Å². The van der Waals surface area contributed by atoms with Crippen molar-refractivity contribution in [3.63, 3.8) is 0 Å². The molecule has 1 heterocycles. The number of nitrogens with zero attached hydrogens (tertiary/aromatic N) is 2. The number of fused-ring (bicyclic) bond motifs is 1. The molecule has 7 nitrogen and oxygen atoms in total. The average Bonchev–Trinajstić information content (AvgIpc) is 2.97. The quantitative estimate of drug-likeness (QED) is 0.832. The van der Waals surface area contributed by atoms with Crippen molar-refractivity contribution in [3.8, 4) is 0 Å². The van der Waals surface area contributed by atoms with Crippen molar-refractivity contribution in [3.05, 3.63) is 54.1 Å². The van der Waals surface area contributed by atoms with Gasteiger partial charge in [-0.05, 0) is 49.2 Å². The number of para-hydroxylation sites is 1. The smallest absolute Gasteiger partial charge is 0.243 e. The summed E-state index contributed by atoms with van der Waals surface area (Å²) in [6.45, 7) is 3.07. The SMILES string of the molecule is CC(=O)Nc1ccc(S(=O)(=O)N(C)CC(=O)N2c3ccccc3C[C@@H]2C)cc1. The van der Waals surface area contributed by atoms with Crippen LogP contribution in [0.5, 0.6) is 0 Å². The normalized spacial score (nSPS) is 16.1. The fourth-order valence-electron chi connectivity index (χ4n) is 3.39. The van der Waals surface area contributed by atoms with Crippen LogP contribution in [-0.4, -0.2) is 44.2 Å². The van der Waals surface area contributed by atoms with Crippen molar-refractivity contribution in [2.75, 3.05) is 23.8 Å². The summed E-state index contributed by atoms with van der Waals surface area (Å²) in [4.78, 5) is 25.7. The summed E-state index contributed by atoms with van der Waals surface area (Å²) in [6.07, 6.45) is 0.753. The van der Waals surface area contributed by atoms with Crippen LogP contribution in [0.1, 0.15) is 19.4 Å². The van der Waals surface area contributed by atoms with Crippen LogP contribution >= 0.6 is 0 Å². The molecular formula is C20H23N3O4S. The molecule has 0 aliphatic carbocycles. The fraction of sp³-hybridized carbons (Fsp3) is 0.300. The summed E-state index contributed by atoms with van der Waals surface area (Å²) in [7, 11) is -2.44.